The summed E-state index contributed by atoms with van der Waals surface area (Å²) in [6.07, 6.45) is 0.0459. The molecule has 3 nitrogen and oxygen atoms in total. The van der Waals surface area contributed by atoms with Crippen molar-refractivity contribution in [2.24, 2.45) is 0 Å². The van der Waals surface area contributed by atoms with E-state index in [9.17, 15) is 4.39 Å². The molecule has 1 unspecified atom stereocenters. The van der Waals surface area contributed by atoms with Crippen molar-refractivity contribution in [1.82, 2.24) is 9.55 Å². The van der Waals surface area contributed by atoms with Gasteiger partial charge < -0.3 is 14.3 Å². The van der Waals surface area contributed by atoms with Crippen LogP contribution in [0, 0.1) is 10.6 Å². The molecule has 0 saturated heterocycles. The summed E-state index contributed by atoms with van der Waals surface area (Å²) in [6.45, 7) is 2.59. The molecule has 17 heavy (non-hydrogen) atoms. The molecular weight excluding hydrogens is 307 g/mol. The second-order valence-corrected chi connectivity index (χ2v) is 5.11. The van der Waals surface area contributed by atoms with E-state index in [4.69, 9.17) is 17.0 Å². The first-order valence-electron chi connectivity index (χ1n) is 5.13. The summed E-state index contributed by atoms with van der Waals surface area (Å²) in [7, 11) is 1.65. The summed E-state index contributed by atoms with van der Waals surface area (Å²) in [6, 6.07) is 3.16. The standard InChI is InChI=1S/C11H12BrFN2OS/c1-6(16-2)5-15-10-3-7(12)8(13)4-9(10)14-11(15)17/h3-4,6H,5H2,1-2H3,(H,14,17). The lowest BCUT2D eigenvalue weighted by Crippen LogP contribution is -2.14. The SMILES string of the molecule is COC(C)Cn1c(=S)[nH]c2cc(F)c(Br)cc21. The van der Waals surface area contributed by atoms with Gasteiger partial charge in [-0.3, -0.25) is 0 Å². The Bertz CT molecular complexity index is 607. The first-order chi connectivity index (χ1) is 8.02. The molecule has 2 rings (SSSR count). The van der Waals surface area contributed by atoms with Crippen LogP contribution in [0.5, 0.6) is 0 Å². The van der Waals surface area contributed by atoms with Crippen LogP contribution in [0.4, 0.5) is 4.39 Å². The van der Waals surface area contributed by atoms with Gasteiger partial charge in [0.05, 0.1) is 28.2 Å². The van der Waals surface area contributed by atoms with Crippen molar-refractivity contribution in [3.63, 3.8) is 0 Å². The molecule has 0 saturated carbocycles. The highest BCUT2D eigenvalue weighted by Gasteiger charge is 2.10. The molecule has 0 bridgehead atoms. The van der Waals surface area contributed by atoms with Crippen LogP contribution in [0.2, 0.25) is 0 Å². The normalized spacial score (nSPS) is 13.2. The van der Waals surface area contributed by atoms with Crippen molar-refractivity contribution in [2.45, 2.75) is 19.6 Å². The van der Waals surface area contributed by atoms with Crippen LogP contribution in [-0.2, 0) is 11.3 Å². The van der Waals surface area contributed by atoms with Gasteiger partial charge in [-0.15, -0.1) is 0 Å². The number of rotatable bonds is 3. The van der Waals surface area contributed by atoms with E-state index in [0.29, 0.717) is 21.3 Å². The number of benzene rings is 1. The lowest BCUT2D eigenvalue weighted by Gasteiger charge is -2.11. The molecule has 1 heterocycles. The maximum absolute atomic E-state index is 13.4. The van der Waals surface area contributed by atoms with Crippen LogP contribution in [0.1, 0.15) is 6.92 Å². The van der Waals surface area contributed by atoms with Crippen molar-refractivity contribution in [2.75, 3.05) is 7.11 Å². The van der Waals surface area contributed by atoms with Crippen LogP contribution in [0.25, 0.3) is 11.0 Å². The fourth-order valence-corrected chi connectivity index (χ4v) is 2.28. The van der Waals surface area contributed by atoms with Crippen molar-refractivity contribution in [3.05, 3.63) is 27.2 Å². The maximum atomic E-state index is 13.4. The number of imidazole rings is 1. The molecule has 2 aromatic rings. The lowest BCUT2D eigenvalue weighted by molar-refractivity contribution is 0.104. The quantitative estimate of drug-likeness (QED) is 0.876. The van der Waals surface area contributed by atoms with Crippen molar-refractivity contribution >= 4 is 39.2 Å². The van der Waals surface area contributed by atoms with Gasteiger partial charge >= 0.3 is 0 Å². The minimum Gasteiger partial charge on any atom is -0.380 e. The second kappa shape index (κ2) is 4.88. The highest BCUT2D eigenvalue weighted by Crippen LogP contribution is 2.23. The number of H-pyrrole nitrogens is 1. The summed E-state index contributed by atoms with van der Waals surface area (Å²) in [5, 5.41) is 0. The number of nitrogens with one attached hydrogen (secondary N) is 1. The number of fused-ring (bicyclic) bond motifs is 1. The van der Waals surface area contributed by atoms with E-state index >= 15 is 0 Å². The Morgan fingerprint density at radius 1 is 1.59 bits per heavy atom. The summed E-state index contributed by atoms with van der Waals surface area (Å²) in [4.78, 5) is 2.99. The molecule has 1 atom stereocenters. The molecule has 0 aliphatic rings. The van der Waals surface area contributed by atoms with Gasteiger partial charge in [-0.25, -0.2) is 4.39 Å². The Balaban J connectivity index is 2.58. The predicted molar refractivity (Wildman–Crippen MR) is 71.3 cm³/mol. The summed E-state index contributed by atoms with van der Waals surface area (Å²) in [5.74, 6) is -0.305. The highest BCUT2D eigenvalue weighted by atomic mass is 79.9. The number of nitrogens with zero attached hydrogens (tertiary/aromatic N) is 1. The van der Waals surface area contributed by atoms with Crippen molar-refractivity contribution in [3.8, 4) is 0 Å². The molecule has 1 aromatic carbocycles. The Morgan fingerprint density at radius 2 is 2.29 bits per heavy atom. The van der Waals surface area contributed by atoms with E-state index in [2.05, 4.69) is 20.9 Å². The number of aromatic amines is 1. The Kier molecular flexibility index (Phi) is 3.65. The Labute approximate surface area is 112 Å². The largest absolute Gasteiger partial charge is 0.380 e. The van der Waals surface area contributed by atoms with E-state index in [1.54, 1.807) is 13.2 Å². The zero-order valence-electron chi connectivity index (χ0n) is 9.46. The average Bonchev–Trinajstić information content (AvgIpc) is 2.56. The van der Waals surface area contributed by atoms with E-state index in [0.717, 1.165) is 5.52 Å². The van der Waals surface area contributed by atoms with Crippen LogP contribution in [0.3, 0.4) is 0 Å². The first-order valence-corrected chi connectivity index (χ1v) is 6.33. The number of ether oxygens (including phenoxy) is 1. The molecule has 0 spiro atoms. The van der Waals surface area contributed by atoms with Gasteiger partial charge in [-0.2, -0.15) is 0 Å². The highest BCUT2D eigenvalue weighted by molar-refractivity contribution is 9.10. The predicted octanol–water partition coefficient (Wildman–Crippen LogP) is 3.64. The minimum absolute atomic E-state index is 0.0459. The van der Waals surface area contributed by atoms with Gasteiger partial charge in [0.1, 0.15) is 5.82 Å². The van der Waals surface area contributed by atoms with E-state index < -0.39 is 0 Å². The topological polar surface area (TPSA) is 29.9 Å². The summed E-state index contributed by atoms with van der Waals surface area (Å²) in [5.41, 5.74) is 1.56. The van der Waals surface area contributed by atoms with E-state index in [1.165, 1.54) is 6.07 Å². The monoisotopic (exact) mass is 318 g/mol. The first kappa shape index (κ1) is 12.7. The van der Waals surface area contributed by atoms with Crippen LogP contribution in [-0.4, -0.2) is 22.8 Å². The lowest BCUT2D eigenvalue weighted by atomic mass is 10.3. The molecule has 1 N–H and O–H groups in total. The molecule has 1 aromatic heterocycles. The van der Waals surface area contributed by atoms with Crippen molar-refractivity contribution < 1.29 is 9.13 Å². The Morgan fingerprint density at radius 3 is 2.94 bits per heavy atom. The third kappa shape index (κ3) is 2.43. The second-order valence-electron chi connectivity index (χ2n) is 3.87. The third-order valence-electron chi connectivity index (χ3n) is 2.66. The third-order valence-corrected chi connectivity index (χ3v) is 3.59. The van der Waals surface area contributed by atoms with Gasteiger partial charge in [0.25, 0.3) is 0 Å². The van der Waals surface area contributed by atoms with E-state index in [1.807, 2.05) is 11.5 Å². The van der Waals surface area contributed by atoms with Gasteiger partial charge in [0.2, 0.25) is 0 Å². The molecule has 0 radical (unpaired) electrons. The van der Waals surface area contributed by atoms with E-state index in [-0.39, 0.29) is 11.9 Å². The average molecular weight is 319 g/mol. The Hall–Kier alpha value is -0.720. The van der Waals surface area contributed by atoms with Crippen LogP contribution >= 0.6 is 28.1 Å². The van der Waals surface area contributed by atoms with Crippen molar-refractivity contribution in [1.29, 1.82) is 0 Å². The van der Waals surface area contributed by atoms with Gasteiger partial charge in [0, 0.05) is 13.2 Å². The minimum atomic E-state index is -0.305. The van der Waals surface area contributed by atoms with Crippen LogP contribution in [0.15, 0.2) is 16.6 Å². The smallest absolute Gasteiger partial charge is 0.178 e. The van der Waals surface area contributed by atoms with Gasteiger partial charge in [-0.05, 0) is 41.1 Å². The molecule has 0 amide bonds. The fraction of sp³-hybridized carbons (Fsp3) is 0.364. The number of halogens is 2. The maximum Gasteiger partial charge on any atom is 0.178 e. The summed E-state index contributed by atoms with van der Waals surface area (Å²) >= 11 is 8.40. The fourth-order valence-electron chi connectivity index (χ4n) is 1.66. The van der Waals surface area contributed by atoms with Gasteiger partial charge in [0.15, 0.2) is 4.77 Å². The number of hydrogen-bond acceptors (Lipinski definition) is 2. The molecule has 92 valence electrons. The zero-order chi connectivity index (χ0) is 12.6. The molecule has 6 heteroatoms. The molecule has 0 aliphatic carbocycles. The number of methoxy groups -OCH3 is 1. The summed E-state index contributed by atoms with van der Waals surface area (Å²) < 4.78 is 21.5. The van der Waals surface area contributed by atoms with Gasteiger partial charge in [-0.1, -0.05) is 0 Å². The zero-order valence-corrected chi connectivity index (χ0v) is 11.9. The number of aromatic nitrogens is 2. The number of hydrogen-bond donors (Lipinski definition) is 1. The van der Waals surface area contributed by atoms with Crippen LogP contribution < -0.4 is 0 Å². The molecular formula is C11H12BrFN2OS. The molecule has 0 fully saturated rings. The molecule has 0 aliphatic heterocycles.